The summed E-state index contributed by atoms with van der Waals surface area (Å²) in [5, 5.41) is 10.8. The molecule has 24 heavy (non-hydrogen) atoms. The number of benzene rings is 2. The van der Waals surface area contributed by atoms with Gasteiger partial charge in [0.2, 0.25) is 5.89 Å². The maximum atomic E-state index is 12.2. The Balaban J connectivity index is 1.70. The highest BCUT2D eigenvalue weighted by atomic mass is 35.5. The average Bonchev–Trinajstić information content (AvgIpc) is 2.98. The van der Waals surface area contributed by atoms with Crippen molar-refractivity contribution in [3.63, 3.8) is 0 Å². The Morgan fingerprint density at radius 1 is 1.12 bits per heavy atom. The number of hydrogen-bond acceptors (Lipinski definition) is 4. The average molecular weight is 342 g/mol. The number of nitrogens with one attached hydrogen (secondary N) is 1. The molecule has 1 heterocycles. The second kappa shape index (κ2) is 6.84. The van der Waals surface area contributed by atoms with Crippen molar-refractivity contribution < 1.29 is 9.21 Å². The van der Waals surface area contributed by atoms with Crippen LogP contribution in [0, 0.1) is 13.8 Å². The molecular formula is C18H16ClN3O2. The Morgan fingerprint density at radius 2 is 1.92 bits per heavy atom. The number of amides is 1. The molecule has 0 aliphatic rings. The molecule has 5 nitrogen and oxygen atoms in total. The second-order valence-electron chi connectivity index (χ2n) is 5.53. The number of nitrogens with zero attached hydrogens (tertiary/aromatic N) is 2. The first-order valence-electron chi connectivity index (χ1n) is 7.47. The summed E-state index contributed by atoms with van der Waals surface area (Å²) in [4.78, 5) is 12.2. The number of anilines is 1. The fraction of sp³-hybridized carbons (Fsp3) is 0.167. The molecule has 1 amide bonds. The molecule has 0 atom stereocenters. The molecular weight excluding hydrogens is 326 g/mol. The second-order valence-corrected chi connectivity index (χ2v) is 5.94. The van der Waals surface area contributed by atoms with Crippen LogP contribution < -0.4 is 5.32 Å². The molecule has 0 saturated carbocycles. The molecule has 3 rings (SSSR count). The molecule has 0 saturated heterocycles. The molecule has 0 aliphatic carbocycles. The maximum Gasteiger partial charge on any atom is 0.322 e. The quantitative estimate of drug-likeness (QED) is 0.772. The fourth-order valence-corrected chi connectivity index (χ4v) is 2.50. The van der Waals surface area contributed by atoms with Crippen LogP contribution in [-0.2, 0) is 6.42 Å². The lowest BCUT2D eigenvalue weighted by molar-refractivity contribution is 0.102. The lowest BCUT2D eigenvalue weighted by atomic mass is 10.0. The molecule has 1 aromatic heterocycles. The summed E-state index contributed by atoms with van der Waals surface area (Å²) in [7, 11) is 0. The lowest BCUT2D eigenvalue weighted by Crippen LogP contribution is -2.12. The van der Waals surface area contributed by atoms with Crippen molar-refractivity contribution in [1.29, 1.82) is 0 Å². The van der Waals surface area contributed by atoms with Gasteiger partial charge in [0.05, 0.1) is 17.0 Å². The van der Waals surface area contributed by atoms with Gasteiger partial charge < -0.3 is 4.42 Å². The van der Waals surface area contributed by atoms with Crippen LogP contribution >= 0.6 is 11.6 Å². The smallest absolute Gasteiger partial charge is 0.322 e. The first kappa shape index (κ1) is 16.2. The maximum absolute atomic E-state index is 12.2. The number of aryl methyl sites for hydroxylation is 2. The molecule has 0 bridgehead atoms. The first-order chi connectivity index (χ1) is 11.5. The summed E-state index contributed by atoms with van der Waals surface area (Å²) in [5.74, 6) is 0.0506. The van der Waals surface area contributed by atoms with E-state index in [1.54, 1.807) is 24.3 Å². The van der Waals surface area contributed by atoms with Gasteiger partial charge in [0, 0.05) is 0 Å². The molecule has 6 heteroatoms. The Morgan fingerprint density at radius 3 is 2.67 bits per heavy atom. The Hall–Kier alpha value is -2.66. The van der Waals surface area contributed by atoms with Gasteiger partial charge in [0.15, 0.2) is 0 Å². The predicted molar refractivity (Wildman–Crippen MR) is 92.4 cm³/mol. The number of aromatic nitrogens is 2. The number of carbonyl (C=O) groups excluding carboxylic acids is 1. The van der Waals surface area contributed by atoms with E-state index >= 15 is 0 Å². The summed E-state index contributed by atoms with van der Waals surface area (Å²) in [6.07, 6.45) is 0.510. The molecule has 122 valence electrons. The summed E-state index contributed by atoms with van der Waals surface area (Å²) < 4.78 is 5.49. The van der Waals surface area contributed by atoms with Crippen molar-refractivity contribution in [3.8, 4) is 0 Å². The highest BCUT2D eigenvalue weighted by Gasteiger charge is 2.14. The minimum absolute atomic E-state index is 0.0544. The van der Waals surface area contributed by atoms with Crippen LogP contribution in [0.15, 0.2) is 46.9 Å². The number of carbonyl (C=O) groups is 1. The van der Waals surface area contributed by atoms with E-state index in [1.807, 2.05) is 6.07 Å². The zero-order chi connectivity index (χ0) is 17.1. The van der Waals surface area contributed by atoms with Gasteiger partial charge in [0.1, 0.15) is 0 Å². The predicted octanol–water partition coefficient (Wildman–Crippen LogP) is 4.18. The van der Waals surface area contributed by atoms with Crippen LogP contribution in [-0.4, -0.2) is 16.1 Å². The van der Waals surface area contributed by atoms with E-state index in [1.165, 1.54) is 11.1 Å². The van der Waals surface area contributed by atoms with E-state index in [4.69, 9.17) is 16.0 Å². The zero-order valence-electron chi connectivity index (χ0n) is 13.3. The van der Waals surface area contributed by atoms with E-state index in [-0.39, 0.29) is 11.9 Å². The number of rotatable bonds is 4. The van der Waals surface area contributed by atoms with Gasteiger partial charge in [-0.1, -0.05) is 47.0 Å². The monoisotopic (exact) mass is 341 g/mol. The highest BCUT2D eigenvalue weighted by molar-refractivity contribution is 6.34. The van der Waals surface area contributed by atoms with E-state index in [0.717, 1.165) is 5.56 Å². The van der Waals surface area contributed by atoms with Gasteiger partial charge in [-0.05, 0) is 42.7 Å². The van der Waals surface area contributed by atoms with Crippen LogP contribution in [0.3, 0.4) is 0 Å². The van der Waals surface area contributed by atoms with E-state index in [2.05, 4.69) is 41.5 Å². The van der Waals surface area contributed by atoms with Crippen molar-refractivity contribution in [2.24, 2.45) is 0 Å². The Labute approximate surface area is 144 Å². The molecule has 1 N–H and O–H groups in total. The van der Waals surface area contributed by atoms with Gasteiger partial charge in [-0.15, -0.1) is 5.10 Å². The lowest BCUT2D eigenvalue weighted by Gasteiger charge is -2.03. The fourth-order valence-electron chi connectivity index (χ4n) is 2.27. The van der Waals surface area contributed by atoms with Crippen LogP contribution in [0.2, 0.25) is 5.02 Å². The van der Waals surface area contributed by atoms with Gasteiger partial charge in [0.25, 0.3) is 5.91 Å². The van der Waals surface area contributed by atoms with Crippen molar-refractivity contribution in [2.75, 3.05) is 5.32 Å². The molecule has 0 fully saturated rings. The van der Waals surface area contributed by atoms with Crippen molar-refractivity contribution in [2.45, 2.75) is 20.3 Å². The highest BCUT2D eigenvalue weighted by Crippen LogP contribution is 2.18. The summed E-state index contributed by atoms with van der Waals surface area (Å²) in [6.45, 7) is 4.12. The van der Waals surface area contributed by atoms with E-state index in [0.29, 0.717) is 22.9 Å². The Bertz CT molecular complexity index is 889. The third-order valence-corrected chi connectivity index (χ3v) is 4.06. The Kier molecular flexibility index (Phi) is 4.62. The third-order valence-electron chi connectivity index (χ3n) is 3.73. The summed E-state index contributed by atoms with van der Waals surface area (Å²) in [6, 6.07) is 13.0. The first-order valence-corrected chi connectivity index (χ1v) is 7.85. The molecule has 0 spiro atoms. The normalized spacial score (nSPS) is 10.6. The standard InChI is InChI=1S/C18H16ClN3O2/c1-11-7-8-13(9-12(11)2)10-16-21-22-18(24-16)20-17(23)14-5-3-4-6-15(14)19/h3-9H,10H2,1-2H3,(H,20,22,23). The topological polar surface area (TPSA) is 68.0 Å². The van der Waals surface area contributed by atoms with E-state index < -0.39 is 0 Å². The SMILES string of the molecule is Cc1ccc(Cc2nnc(NC(=O)c3ccccc3Cl)o2)cc1C. The third kappa shape index (κ3) is 3.63. The molecule has 3 aromatic rings. The van der Waals surface area contributed by atoms with Gasteiger partial charge in [-0.3, -0.25) is 10.1 Å². The zero-order valence-corrected chi connectivity index (χ0v) is 14.1. The molecule has 0 radical (unpaired) electrons. The van der Waals surface area contributed by atoms with Crippen molar-refractivity contribution in [1.82, 2.24) is 10.2 Å². The molecule has 2 aromatic carbocycles. The van der Waals surface area contributed by atoms with E-state index in [9.17, 15) is 4.79 Å². The van der Waals surface area contributed by atoms with Gasteiger partial charge >= 0.3 is 6.01 Å². The van der Waals surface area contributed by atoms with Crippen molar-refractivity contribution >= 4 is 23.5 Å². The minimum atomic E-state index is -0.387. The van der Waals surface area contributed by atoms with Crippen LogP contribution in [0.25, 0.3) is 0 Å². The van der Waals surface area contributed by atoms with Crippen molar-refractivity contribution in [3.05, 3.63) is 75.6 Å². The number of hydrogen-bond donors (Lipinski definition) is 1. The minimum Gasteiger partial charge on any atom is -0.407 e. The van der Waals surface area contributed by atoms with Gasteiger partial charge in [-0.25, -0.2) is 0 Å². The van der Waals surface area contributed by atoms with Crippen LogP contribution in [0.4, 0.5) is 6.01 Å². The van der Waals surface area contributed by atoms with Crippen LogP contribution in [0.5, 0.6) is 0 Å². The number of halogens is 1. The van der Waals surface area contributed by atoms with Crippen LogP contribution in [0.1, 0.15) is 32.9 Å². The summed E-state index contributed by atoms with van der Waals surface area (Å²) >= 11 is 6.00. The molecule has 0 aliphatic heterocycles. The largest absolute Gasteiger partial charge is 0.407 e. The van der Waals surface area contributed by atoms with Gasteiger partial charge in [-0.2, -0.15) is 0 Å². The summed E-state index contributed by atoms with van der Waals surface area (Å²) in [5.41, 5.74) is 3.87. The molecule has 0 unspecified atom stereocenters.